The van der Waals surface area contributed by atoms with Crippen LogP contribution >= 0.6 is 0 Å². The number of nitrogens with one attached hydrogen (secondary N) is 1. The molecule has 2 aromatic heterocycles. The molecule has 0 saturated heterocycles. The van der Waals surface area contributed by atoms with Gasteiger partial charge in [0.15, 0.2) is 9.84 Å². The highest BCUT2D eigenvalue weighted by molar-refractivity contribution is 7.90. The molecule has 0 radical (unpaired) electrons. The first kappa shape index (κ1) is 16.9. The zero-order chi connectivity index (χ0) is 17.9. The first-order chi connectivity index (χ1) is 11.9. The number of sulfone groups is 1. The topological polar surface area (TPSA) is 81.1 Å². The second-order valence-corrected chi connectivity index (χ2v) is 7.66. The molecule has 0 unspecified atom stereocenters. The second kappa shape index (κ2) is 6.90. The molecule has 25 heavy (non-hydrogen) atoms. The van der Waals surface area contributed by atoms with Crippen molar-refractivity contribution < 1.29 is 13.2 Å². The van der Waals surface area contributed by atoms with Crippen molar-refractivity contribution in [1.82, 2.24) is 9.55 Å². The SMILES string of the molecule is CS(=O)(=O)c1ccc(NC(=O)c2ccn(Cc3ccccn3)c2)cc1. The van der Waals surface area contributed by atoms with Crippen molar-refractivity contribution in [2.45, 2.75) is 11.4 Å². The first-order valence-corrected chi connectivity index (χ1v) is 9.48. The molecule has 1 aromatic carbocycles. The Morgan fingerprint density at radius 3 is 2.52 bits per heavy atom. The summed E-state index contributed by atoms with van der Waals surface area (Å²) in [7, 11) is -3.25. The van der Waals surface area contributed by atoms with E-state index in [1.165, 1.54) is 12.1 Å². The van der Waals surface area contributed by atoms with Crippen LogP contribution in [0.3, 0.4) is 0 Å². The van der Waals surface area contributed by atoms with Crippen LogP contribution in [0.15, 0.2) is 72.0 Å². The van der Waals surface area contributed by atoms with Crippen molar-refractivity contribution in [2.24, 2.45) is 0 Å². The van der Waals surface area contributed by atoms with E-state index >= 15 is 0 Å². The number of amides is 1. The van der Waals surface area contributed by atoms with Crippen LogP contribution in [0.1, 0.15) is 16.1 Å². The molecule has 0 bridgehead atoms. The van der Waals surface area contributed by atoms with Gasteiger partial charge in [0.1, 0.15) is 0 Å². The third kappa shape index (κ3) is 4.33. The lowest BCUT2D eigenvalue weighted by molar-refractivity contribution is 0.102. The highest BCUT2D eigenvalue weighted by Gasteiger charge is 2.10. The summed E-state index contributed by atoms with van der Waals surface area (Å²) in [5.41, 5.74) is 1.96. The van der Waals surface area contributed by atoms with E-state index in [1.54, 1.807) is 30.6 Å². The zero-order valence-corrected chi connectivity index (χ0v) is 14.4. The Kier molecular flexibility index (Phi) is 4.67. The van der Waals surface area contributed by atoms with Gasteiger partial charge in [-0.1, -0.05) is 6.07 Å². The summed E-state index contributed by atoms with van der Waals surface area (Å²) < 4.78 is 24.8. The van der Waals surface area contributed by atoms with Crippen molar-refractivity contribution in [1.29, 1.82) is 0 Å². The molecular weight excluding hydrogens is 338 g/mol. The molecule has 3 aromatic rings. The third-order valence-corrected chi connectivity index (χ3v) is 4.75. The number of anilines is 1. The molecule has 0 aliphatic heterocycles. The number of benzene rings is 1. The summed E-state index contributed by atoms with van der Waals surface area (Å²) in [6, 6.07) is 13.5. The molecule has 1 amide bonds. The monoisotopic (exact) mass is 355 g/mol. The van der Waals surface area contributed by atoms with E-state index in [1.807, 2.05) is 29.0 Å². The minimum Gasteiger partial charge on any atom is -0.348 e. The summed E-state index contributed by atoms with van der Waals surface area (Å²) in [4.78, 5) is 16.8. The molecule has 6 nitrogen and oxygen atoms in total. The van der Waals surface area contributed by atoms with Crippen LogP contribution in [0.4, 0.5) is 5.69 Å². The van der Waals surface area contributed by atoms with E-state index in [9.17, 15) is 13.2 Å². The van der Waals surface area contributed by atoms with E-state index in [0.29, 0.717) is 17.8 Å². The van der Waals surface area contributed by atoms with Crippen molar-refractivity contribution >= 4 is 21.4 Å². The van der Waals surface area contributed by atoms with Crippen LogP contribution < -0.4 is 5.32 Å². The smallest absolute Gasteiger partial charge is 0.257 e. The predicted molar refractivity (Wildman–Crippen MR) is 95.3 cm³/mol. The maximum absolute atomic E-state index is 12.3. The average molecular weight is 355 g/mol. The van der Waals surface area contributed by atoms with Crippen LogP contribution in [-0.4, -0.2) is 30.1 Å². The van der Waals surface area contributed by atoms with Crippen LogP contribution in [-0.2, 0) is 16.4 Å². The van der Waals surface area contributed by atoms with E-state index in [-0.39, 0.29) is 10.8 Å². The zero-order valence-electron chi connectivity index (χ0n) is 13.6. The minimum atomic E-state index is -3.25. The average Bonchev–Trinajstić information content (AvgIpc) is 3.04. The van der Waals surface area contributed by atoms with Gasteiger partial charge in [0.25, 0.3) is 5.91 Å². The Labute approximate surface area is 146 Å². The van der Waals surface area contributed by atoms with Crippen molar-refractivity contribution in [2.75, 3.05) is 11.6 Å². The number of hydrogen-bond acceptors (Lipinski definition) is 4. The van der Waals surface area contributed by atoms with Gasteiger partial charge in [-0.15, -0.1) is 0 Å². The van der Waals surface area contributed by atoms with Gasteiger partial charge in [0.2, 0.25) is 0 Å². The molecule has 0 aliphatic carbocycles. The van der Waals surface area contributed by atoms with Gasteiger partial charge < -0.3 is 9.88 Å². The highest BCUT2D eigenvalue weighted by Crippen LogP contribution is 2.15. The molecule has 0 fully saturated rings. The van der Waals surface area contributed by atoms with E-state index < -0.39 is 9.84 Å². The Morgan fingerprint density at radius 2 is 1.88 bits per heavy atom. The van der Waals surface area contributed by atoms with Gasteiger partial charge in [-0.25, -0.2) is 8.42 Å². The molecule has 0 aliphatic rings. The van der Waals surface area contributed by atoms with Crippen LogP contribution in [0.5, 0.6) is 0 Å². The third-order valence-electron chi connectivity index (χ3n) is 3.62. The maximum Gasteiger partial charge on any atom is 0.257 e. The lowest BCUT2D eigenvalue weighted by Gasteiger charge is -2.05. The van der Waals surface area contributed by atoms with E-state index in [2.05, 4.69) is 10.3 Å². The van der Waals surface area contributed by atoms with Gasteiger partial charge in [0.05, 0.1) is 22.7 Å². The second-order valence-electron chi connectivity index (χ2n) is 5.64. The minimum absolute atomic E-state index is 0.215. The summed E-state index contributed by atoms with van der Waals surface area (Å²) in [5.74, 6) is -0.258. The molecule has 2 heterocycles. The van der Waals surface area contributed by atoms with Crippen LogP contribution in [0.2, 0.25) is 0 Å². The first-order valence-electron chi connectivity index (χ1n) is 7.59. The molecule has 0 saturated carbocycles. The molecule has 1 N–H and O–H groups in total. The fourth-order valence-corrected chi connectivity index (χ4v) is 2.97. The lowest BCUT2D eigenvalue weighted by Crippen LogP contribution is -2.11. The van der Waals surface area contributed by atoms with Crippen molar-refractivity contribution in [3.8, 4) is 0 Å². The van der Waals surface area contributed by atoms with Crippen molar-refractivity contribution in [3.63, 3.8) is 0 Å². The Bertz CT molecular complexity index is 978. The van der Waals surface area contributed by atoms with Gasteiger partial charge in [-0.05, 0) is 42.5 Å². The number of aromatic nitrogens is 2. The fourth-order valence-electron chi connectivity index (χ4n) is 2.34. The molecule has 7 heteroatoms. The molecule has 3 rings (SSSR count). The van der Waals surface area contributed by atoms with E-state index in [4.69, 9.17) is 0 Å². The maximum atomic E-state index is 12.3. The Morgan fingerprint density at radius 1 is 1.12 bits per heavy atom. The van der Waals surface area contributed by atoms with Gasteiger partial charge in [-0.3, -0.25) is 9.78 Å². The summed E-state index contributed by atoms with van der Waals surface area (Å²) in [6.07, 6.45) is 6.43. The molecule has 0 atom stereocenters. The van der Waals surface area contributed by atoms with E-state index in [0.717, 1.165) is 11.9 Å². The van der Waals surface area contributed by atoms with Gasteiger partial charge in [0, 0.05) is 30.5 Å². The lowest BCUT2D eigenvalue weighted by atomic mass is 10.3. The number of hydrogen-bond donors (Lipinski definition) is 1. The normalized spacial score (nSPS) is 11.2. The van der Waals surface area contributed by atoms with Crippen LogP contribution in [0.25, 0.3) is 0 Å². The van der Waals surface area contributed by atoms with Crippen LogP contribution in [0, 0.1) is 0 Å². The van der Waals surface area contributed by atoms with Gasteiger partial charge in [-0.2, -0.15) is 0 Å². The quantitative estimate of drug-likeness (QED) is 0.763. The van der Waals surface area contributed by atoms with Gasteiger partial charge >= 0.3 is 0 Å². The number of nitrogens with zero attached hydrogens (tertiary/aromatic N) is 2. The Balaban J connectivity index is 1.67. The molecule has 128 valence electrons. The largest absolute Gasteiger partial charge is 0.348 e. The number of carbonyl (C=O) groups excluding carboxylic acids is 1. The number of carbonyl (C=O) groups is 1. The number of rotatable bonds is 5. The molecule has 0 spiro atoms. The van der Waals surface area contributed by atoms with Crippen molar-refractivity contribution in [3.05, 3.63) is 78.4 Å². The Hall–Kier alpha value is -2.93. The molecular formula is C18H17N3O3S. The summed E-state index contributed by atoms with van der Waals surface area (Å²) in [5, 5.41) is 2.75. The highest BCUT2D eigenvalue weighted by atomic mass is 32.2. The summed E-state index contributed by atoms with van der Waals surface area (Å²) >= 11 is 0. The standard InChI is InChI=1S/C18H17N3O3S/c1-25(23,24)17-7-5-15(6-8-17)20-18(22)14-9-11-21(12-14)13-16-4-2-3-10-19-16/h2-12H,13H2,1H3,(H,20,22). The predicted octanol–water partition coefficient (Wildman–Crippen LogP) is 2.59. The summed E-state index contributed by atoms with van der Waals surface area (Å²) in [6.45, 7) is 0.581. The fraction of sp³-hybridized carbons (Fsp3) is 0.111. The number of pyridine rings is 1.